The summed E-state index contributed by atoms with van der Waals surface area (Å²) in [4.78, 5) is 0. The third-order valence-electron chi connectivity index (χ3n) is 12.7. The fourth-order valence-corrected chi connectivity index (χ4v) is 9.05. The van der Waals surface area contributed by atoms with Crippen molar-refractivity contribution >= 4 is 0 Å². The van der Waals surface area contributed by atoms with Crippen molar-refractivity contribution in [2.75, 3.05) is 0 Å². The summed E-state index contributed by atoms with van der Waals surface area (Å²) in [6, 6.07) is 77.6. The fourth-order valence-electron chi connectivity index (χ4n) is 9.05. The molecule has 0 heterocycles. The summed E-state index contributed by atoms with van der Waals surface area (Å²) in [5.74, 6) is 0. The Morgan fingerprint density at radius 1 is 0.194 bits per heavy atom. The molecule has 0 heteroatoms. The Bertz CT molecular complexity index is 2540. The van der Waals surface area contributed by atoms with E-state index in [0.717, 1.165) is 25.7 Å². The van der Waals surface area contributed by atoms with E-state index in [9.17, 15) is 0 Å². The first-order chi connectivity index (χ1) is 30.6. The Kier molecular flexibility index (Phi) is 11.9. The second-order valence-corrected chi connectivity index (χ2v) is 16.3. The molecule has 9 aromatic carbocycles. The molecule has 0 saturated carbocycles. The Hall–Kier alpha value is -7.02. The van der Waals surface area contributed by atoms with Gasteiger partial charge in [-0.1, -0.05) is 222 Å². The molecule has 302 valence electrons. The van der Waals surface area contributed by atoms with E-state index >= 15 is 0 Å². The first-order valence-electron chi connectivity index (χ1n) is 22.5. The normalized spacial score (nSPS) is 11.2. The van der Waals surface area contributed by atoms with Gasteiger partial charge in [0, 0.05) is 0 Å². The van der Waals surface area contributed by atoms with Gasteiger partial charge in [0.1, 0.15) is 0 Å². The summed E-state index contributed by atoms with van der Waals surface area (Å²) < 4.78 is 0. The maximum Gasteiger partial charge on any atom is -0.00923 e. The van der Waals surface area contributed by atoms with Gasteiger partial charge in [0.05, 0.1) is 0 Å². The highest BCUT2D eigenvalue weighted by atomic mass is 14.3. The van der Waals surface area contributed by atoms with Crippen LogP contribution in [0, 0.1) is 0 Å². The minimum Gasteiger partial charge on any atom is -0.0616 e. The Morgan fingerprint density at radius 3 is 0.548 bits per heavy atom. The predicted molar refractivity (Wildman–Crippen MR) is 267 cm³/mol. The lowest BCUT2D eigenvalue weighted by Crippen LogP contribution is -1.97. The maximum absolute atomic E-state index is 2.51. The average Bonchev–Trinajstić information content (AvgIpc) is 3.36. The number of benzene rings is 9. The highest BCUT2D eigenvalue weighted by molar-refractivity contribution is 6.04. The third-order valence-corrected chi connectivity index (χ3v) is 12.7. The Morgan fingerprint density at radius 2 is 0.371 bits per heavy atom. The molecule has 9 rings (SSSR count). The highest BCUT2D eigenvalue weighted by Gasteiger charge is 2.23. The number of rotatable bonds is 12. The van der Waals surface area contributed by atoms with Crippen LogP contribution in [0.3, 0.4) is 0 Å². The molecule has 62 heavy (non-hydrogen) atoms. The molecule has 0 aromatic heterocycles. The van der Waals surface area contributed by atoms with Crippen LogP contribution in [-0.2, 0) is 25.7 Å². The molecule has 0 amide bonds. The van der Waals surface area contributed by atoms with E-state index in [2.05, 4.69) is 234 Å². The van der Waals surface area contributed by atoms with Crippen LogP contribution >= 0.6 is 0 Å². The zero-order valence-electron chi connectivity index (χ0n) is 36.5. The van der Waals surface area contributed by atoms with Gasteiger partial charge < -0.3 is 0 Å². The van der Waals surface area contributed by atoms with Crippen molar-refractivity contribution < 1.29 is 0 Å². The molecule has 0 bridgehead atoms. The van der Waals surface area contributed by atoms with Crippen molar-refractivity contribution in [3.63, 3.8) is 0 Å². The average molecular weight is 799 g/mol. The van der Waals surface area contributed by atoms with Gasteiger partial charge >= 0.3 is 0 Å². The van der Waals surface area contributed by atoms with E-state index < -0.39 is 0 Å². The van der Waals surface area contributed by atoms with Gasteiger partial charge in [-0.15, -0.1) is 0 Å². The van der Waals surface area contributed by atoms with Crippen molar-refractivity contribution in [1.29, 1.82) is 0 Å². The molecular formula is C62H54. The quantitative estimate of drug-likeness (QED) is 0.115. The van der Waals surface area contributed by atoms with Gasteiger partial charge in [0.25, 0.3) is 0 Å². The SMILES string of the molecule is CCc1ccc(-c2ccccc2-c2cc(-c3ccccc3-c3ccc(CC)cc3)c(-c3ccccc3-c3ccc(CC)cc3)cc2-c2ccccc2-c2ccc(CC)cc2)cc1. The molecule has 0 radical (unpaired) electrons. The van der Waals surface area contributed by atoms with Crippen LogP contribution in [0.25, 0.3) is 89.0 Å². The summed E-state index contributed by atoms with van der Waals surface area (Å²) in [6.07, 6.45) is 4.05. The van der Waals surface area contributed by atoms with Gasteiger partial charge in [0.15, 0.2) is 0 Å². The molecule has 0 aliphatic carbocycles. The summed E-state index contributed by atoms with van der Waals surface area (Å²) in [5.41, 5.74) is 24.8. The van der Waals surface area contributed by atoms with Crippen LogP contribution in [0.15, 0.2) is 206 Å². The van der Waals surface area contributed by atoms with E-state index in [1.807, 2.05) is 0 Å². The molecule has 0 atom stereocenters. The fraction of sp³-hybridized carbons (Fsp3) is 0.129. The summed E-state index contributed by atoms with van der Waals surface area (Å²) in [5, 5.41) is 0. The Balaban J connectivity index is 1.40. The molecular weight excluding hydrogens is 745 g/mol. The minimum atomic E-state index is 1.01. The van der Waals surface area contributed by atoms with Gasteiger partial charge in [-0.2, -0.15) is 0 Å². The molecule has 0 aliphatic rings. The monoisotopic (exact) mass is 798 g/mol. The lowest BCUT2D eigenvalue weighted by molar-refractivity contribution is 1.14. The lowest BCUT2D eigenvalue weighted by Gasteiger charge is -2.24. The lowest BCUT2D eigenvalue weighted by atomic mass is 9.80. The standard InChI is InChI=1S/C62H54/c1-5-43-25-33-47(34-26-43)51-17-9-13-21-55(51)59-41-61(57-23-15-11-19-53(57)49-37-29-45(7-3)30-38-49)62(58-24-16-12-20-54(58)50-39-31-46(8-4)32-40-50)42-60(59)56-22-14-10-18-52(56)48-35-27-44(6-2)28-36-48/h9-42H,5-8H2,1-4H3. The largest absolute Gasteiger partial charge is 0.0616 e. The van der Waals surface area contributed by atoms with Crippen LogP contribution in [0.2, 0.25) is 0 Å². The minimum absolute atomic E-state index is 1.01. The number of aryl methyl sites for hydroxylation is 4. The summed E-state index contributed by atoms with van der Waals surface area (Å²) in [7, 11) is 0. The topological polar surface area (TPSA) is 0 Å². The second-order valence-electron chi connectivity index (χ2n) is 16.3. The first kappa shape index (κ1) is 40.4. The van der Waals surface area contributed by atoms with Crippen molar-refractivity contribution in [2.45, 2.75) is 53.4 Å². The summed E-state index contributed by atoms with van der Waals surface area (Å²) in [6.45, 7) is 8.89. The van der Waals surface area contributed by atoms with E-state index in [0.29, 0.717) is 0 Å². The first-order valence-corrected chi connectivity index (χ1v) is 22.5. The third kappa shape index (κ3) is 8.09. The molecule has 0 saturated heterocycles. The van der Waals surface area contributed by atoms with Gasteiger partial charge in [-0.25, -0.2) is 0 Å². The van der Waals surface area contributed by atoms with Crippen LogP contribution in [0.4, 0.5) is 0 Å². The summed E-state index contributed by atoms with van der Waals surface area (Å²) >= 11 is 0. The molecule has 9 aromatic rings. The zero-order chi connectivity index (χ0) is 42.4. The van der Waals surface area contributed by atoms with Crippen LogP contribution in [-0.4, -0.2) is 0 Å². The maximum atomic E-state index is 2.51. The van der Waals surface area contributed by atoms with E-state index in [-0.39, 0.29) is 0 Å². The van der Waals surface area contributed by atoms with Crippen molar-refractivity contribution in [1.82, 2.24) is 0 Å². The molecule has 0 unspecified atom stereocenters. The van der Waals surface area contributed by atoms with Gasteiger partial charge in [-0.05, 0) is 149 Å². The van der Waals surface area contributed by atoms with Gasteiger partial charge in [0.2, 0.25) is 0 Å². The second kappa shape index (κ2) is 18.3. The molecule has 0 aliphatic heterocycles. The van der Waals surface area contributed by atoms with Crippen LogP contribution < -0.4 is 0 Å². The number of hydrogen-bond acceptors (Lipinski definition) is 0. The predicted octanol–water partition coefficient (Wildman–Crippen LogP) is 17.3. The molecule has 0 N–H and O–H groups in total. The van der Waals surface area contributed by atoms with Gasteiger partial charge in [-0.3, -0.25) is 0 Å². The van der Waals surface area contributed by atoms with Crippen molar-refractivity contribution in [2.24, 2.45) is 0 Å². The molecule has 0 spiro atoms. The zero-order valence-corrected chi connectivity index (χ0v) is 36.5. The molecule has 0 fully saturated rings. The number of hydrogen-bond donors (Lipinski definition) is 0. The smallest absolute Gasteiger partial charge is 0.00923 e. The van der Waals surface area contributed by atoms with Crippen molar-refractivity contribution in [3.05, 3.63) is 229 Å². The van der Waals surface area contributed by atoms with E-state index in [4.69, 9.17) is 0 Å². The Labute approximate surface area is 369 Å². The van der Waals surface area contributed by atoms with Crippen molar-refractivity contribution in [3.8, 4) is 89.0 Å². The van der Waals surface area contributed by atoms with Crippen LogP contribution in [0.5, 0.6) is 0 Å². The van der Waals surface area contributed by atoms with E-state index in [1.165, 1.54) is 111 Å². The van der Waals surface area contributed by atoms with E-state index in [1.54, 1.807) is 0 Å². The highest BCUT2D eigenvalue weighted by Crippen LogP contribution is 2.49. The van der Waals surface area contributed by atoms with Crippen LogP contribution in [0.1, 0.15) is 49.9 Å². The molecule has 0 nitrogen and oxygen atoms in total.